The molecule has 0 aliphatic rings. The summed E-state index contributed by atoms with van der Waals surface area (Å²) in [7, 11) is 4.03. The predicted octanol–water partition coefficient (Wildman–Crippen LogP) is 2.35. The van der Waals surface area contributed by atoms with E-state index in [1.807, 2.05) is 40.1 Å². The molecule has 0 saturated carbocycles. The Morgan fingerprint density at radius 1 is 1.13 bits per heavy atom. The lowest BCUT2D eigenvalue weighted by Gasteiger charge is -2.19. The third-order valence-electron chi connectivity index (χ3n) is 2.39. The fourth-order valence-corrected chi connectivity index (χ4v) is 1.27. The van der Waals surface area contributed by atoms with Gasteiger partial charge in [0.1, 0.15) is 0 Å². The van der Waals surface area contributed by atoms with Gasteiger partial charge in [0, 0.05) is 32.4 Å². The fourth-order valence-electron chi connectivity index (χ4n) is 1.27. The molecule has 0 heterocycles. The van der Waals surface area contributed by atoms with Crippen molar-refractivity contribution in [3.63, 3.8) is 0 Å². The summed E-state index contributed by atoms with van der Waals surface area (Å²) in [5.41, 5.74) is 2.30. The zero-order valence-corrected chi connectivity index (χ0v) is 9.94. The van der Waals surface area contributed by atoms with E-state index in [1.54, 1.807) is 0 Å². The molecule has 0 aliphatic carbocycles. The lowest BCUT2D eigenvalue weighted by molar-refractivity contribution is -0.125. The molecule has 0 fully saturated rings. The average molecular weight is 208 g/mol. The topological polar surface area (TPSA) is 26.7 Å². The minimum atomic E-state index is 0.151. The molecule has 0 unspecified atom stereocenters. The Hall–Kier alpha value is -1.06. The highest BCUT2D eigenvalue weighted by Crippen LogP contribution is 2.13. The van der Waals surface area contributed by atoms with E-state index in [2.05, 4.69) is 17.0 Å². The maximum absolute atomic E-state index is 9.58. The van der Waals surface area contributed by atoms with Crippen LogP contribution in [0, 0.1) is 0 Å². The predicted molar refractivity (Wildman–Crippen MR) is 63.2 cm³/mol. The number of hydrogen-bond acceptors (Lipinski definition) is 3. The van der Waals surface area contributed by atoms with Crippen LogP contribution in [0.2, 0.25) is 0 Å². The number of anilines is 1. The Bertz CT molecular complexity index is 293. The van der Waals surface area contributed by atoms with Gasteiger partial charge in [-0.1, -0.05) is 12.1 Å². The summed E-state index contributed by atoms with van der Waals surface area (Å²) in [4.78, 5) is 2.06. The largest absolute Gasteiger partial charge is 0.378 e. The Morgan fingerprint density at radius 2 is 1.67 bits per heavy atom. The van der Waals surface area contributed by atoms with Crippen LogP contribution in [0.25, 0.3) is 0 Å². The molecule has 3 nitrogen and oxygen atoms in total. The molecule has 3 heteroatoms. The van der Waals surface area contributed by atoms with E-state index in [-0.39, 0.29) is 6.04 Å². The molecule has 1 rings (SSSR count). The Balaban J connectivity index is 2.64. The molecule has 0 aromatic heterocycles. The zero-order chi connectivity index (χ0) is 11.4. The van der Waals surface area contributed by atoms with E-state index in [1.165, 1.54) is 10.8 Å². The molecule has 0 aliphatic heterocycles. The van der Waals surface area contributed by atoms with Crippen molar-refractivity contribution in [2.45, 2.75) is 26.4 Å². The number of hydroxylamine groups is 2. The molecule has 0 radical (unpaired) electrons. The summed E-state index contributed by atoms with van der Waals surface area (Å²) in [6.45, 7) is 4.51. The van der Waals surface area contributed by atoms with Crippen LogP contribution < -0.4 is 4.90 Å². The highest BCUT2D eigenvalue weighted by atomic mass is 16.5. The second-order valence-corrected chi connectivity index (χ2v) is 4.25. The molecule has 1 aromatic carbocycles. The fraction of sp³-hybridized carbons (Fsp3) is 0.500. The second kappa shape index (κ2) is 5.14. The Kier molecular flexibility index (Phi) is 4.12. The van der Waals surface area contributed by atoms with Gasteiger partial charge in [0.2, 0.25) is 0 Å². The van der Waals surface area contributed by atoms with Crippen LogP contribution in [0.4, 0.5) is 5.69 Å². The van der Waals surface area contributed by atoms with Crippen molar-refractivity contribution in [3.8, 4) is 0 Å². The Morgan fingerprint density at radius 3 is 2.07 bits per heavy atom. The summed E-state index contributed by atoms with van der Waals surface area (Å²) in [6, 6.07) is 8.35. The molecular weight excluding hydrogens is 188 g/mol. The van der Waals surface area contributed by atoms with Crippen molar-refractivity contribution in [2.24, 2.45) is 0 Å². The summed E-state index contributed by atoms with van der Waals surface area (Å²) >= 11 is 0. The molecule has 0 bridgehead atoms. The molecule has 0 spiro atoms. The molecular formula is C12H20N2O. The van der Waals surface area contributed by atoms with Crippen molar-refractivity contribution >= 4 is 5.69 Å². The summed E-state index contributed by atoms with van der Waals surface area (Å²) in [5.74, 6) is 0. The van der Waals surface area contributed by atoms with Crippen LogP contribution in [0.3, 0.4) is 0 Å². The van der Waals surface area contributed by atoms with E-state index >= 15 is 0 Å². The van der Waals surface area contributed by atoms with E-state index in [4.69, 9.17) is 0 Å². The van der Waals surface area contributed by atoms with Gasteiger partial charge in [0.25, 0.3) is 0 Å². The number of nitrogens with zero attached hydrogens (tertiary/aromatic N) is 2. The number of rotatable bonds is 4. The molecule has 0 atom stereocenters. The maximum Gasteiger partial charge on any atom is 0.0491 e. The monoisotopic (exact) mass is 208 g/mol. The molecule has 0 saturated heterocycles. The van der Waals surface area contributed by atoms with Gasteiger partial charge in [-0.05, 0) is 31.5 Å². The molecule has 1 N–H and O–H groups in total. The van der Waals surface area contributed by atoms with Gasteiger partial charge in [-0.3, -0.25) is 0 Å². The maximum atomic E-state index is 9.58. The van der Waals surface area contributed by atoms with Gasteiger partial charge in [-0.2, -0.15) is 5.06 Å². The minimum absolute atomic E-state index is 0.151. The standard InChI is InChI=1S/C12H20N2O/c1-10(2)14(15)9-11-5-7-12(8-6-11)13(3)4/h5-8,10,15H,9H2,1-4H3. The molecule has 84 valence electrons. The van der Waals surface area contributed by atoms with Crippen molar-refractivity contribution in [2.75, 3.05) is 19.0 Å². The first kappa shape index (κ1) is 12.0. The highest BCUT2D eigenvalue weighted by Gasteiger charge is 2.06. The minimum Gasteiger partial charge on any atom is -0.378 e. The van der Waals surface area contributed by atoms with Gasteiger partial charge in [-0.25, -0.2) is 0 Å². The lowest BCUT2D eigenvalue weighted by Crippen LogP contribution is -2.26. The third kappa shape index (κ3) is 3.53. The van der Waals surface area contributed by atoms with Crippen molar-refractivity contribution in [3.05, 3.63) is 29.8 Å². The first-order valence-corrected chi connectivity index (χ1v) is 5.22. The highest BCUT2D eigenvalue weighted by molar-refractivity contribution is 5.45. The first-order valence-electron chi connectivity index (χ1n) is 5.22. The van der Waals surface area contributed by atoms with Crippen molar-refractivity contribution in [1.82, 2.24) is 5.06 Å². The molecule has 0 amide bonds. The SMILES string of the molecule is CC(C)N(O)Cc1ccc(N(C)C)cc1. The van der Waals surface area contributed by atoms with Crippen LogP contribution in [0.5, 0.6) is 0 Å². The zero-order valence-electron chi connectivity index (χ0n) is 9.94. The van der Waals surface area contributed by atoms with Crippen LogP contribution in [0.15, 0.2) is 24.3 Å². The average Bonchev–Trinajstić information content (AvgIpc) is 2.18. The number of hydrogen-bond donors (Lipinski definition) is 1. The van der Waals surface area contributed by atoms with Gasteiger partial charge < -0.3 is 10.1 Å². The van der Waals surface area contributed by atoms with Gasteiger partial charge in [0.05, 0.1) is 0 Å². The van der Waals surface area contributed by atoms with Crippen LogP contribution in [-0.4, -0.2) is 30.4 Å². The third-order valence-corrected chi connectivity index (χ3v) is 2.39. The van der Waals surface area contributed by atoms with Crippen molar-refractivity contribution in [1.29, 1.82) is 0 Å². The lowest BCUT2D eigenvalue weighted by atomic mass is 10.2. The van der Waals surface area contributed by atoms with Gasteiger partial charge in [-0.15, -0.1) is 0 Å². The van der Waals surface area contributed by atoms with E-state index in [0.717, 1.165) is 5.56 Å². The summed E-state index contributed by atoms with van der Waals surface area (Å²) < 4.78 is 0. The van der Waals surface area contributed by atoms with E-state index in [9.17, 15) is 5.21 Å². The summed E-state index contributed by atoms with van der Waals surface area (Å²) in [6.07, 6.45) is 0. The van der Waals surface area contributed by atoms with Gasteiger partial charge >= 0.3 is 0 Å². The second-order valence-electron chi connectivity index (χ2n) is 4.25. The van der Waals surface area contributed by atoms with Crippen LogP contribution >= 0.6 is 0 Å². The quantitative estimate of drug-likeness (QED) is 0.769. The molecule has 15 heavy (non-hydrogen) atoms. The van der Waals surface area contributed by atoms with Crippen LogP contribution in [0.1, 0.15) is 19.4 Å². The smallest absolute Gasteiger partial charge is 0.0491 e. The first-order chi connectivity index (χ1) is 7.00. The molecule has 1 aromatic rings. The van der Waals surface area contributed by atoms with E-state index < -0.39 is 0 Å². The van der Waals surface area contributed by atoms with Gasteiger partial charge in [0.15, 0.2) is 0 Å². The van der Waals surface area contributed by atoms with E-state index in [0.29, 0.717) is 6.54 Å². The van der Waals surface area contributed by atoms with Crippen molar-refractivity contribution < 1.29 is 5.21 Å². The normalized spacial score (nSPS) is 11.1. The summed E-state index contributed by atoms with van der Waals surface area (Å²) in [5, 5.41) is 10.9. The number of benzene rings is 1. The Labute approximate surface area is 91.9 Å². The van der Waals surface area contributed by atoms with Crippen LogP contribution in [-0.2, 0) is 6.54 Å².